The number of hydrogen-bond acceptors (Lipinski definition) is 3. The molecule has 90 valence electrons. The molecule has 1 rings (SSSR count). The van der Waals surface area contributed by atoms with E-state index in [2.05, 4.69) is 0 Å². The highest BCUT2D eigenvalue weighted by molar-refractivity contribution is 7.54. The molecule has 0 aliphatic rings. The third-order valence-corrected chi connectivity index (χ3v) is 2.56. The lowest BCUT2D eigenvalue weighted by atomic mass is 9.99. The maximum Gasteiger partial charge on any atom is 0.385 e. The Kier molecular flexibility index (Phi) is 3.63. The first-order chi connectivity index (χ1) is 7.20. The second-order valence-electron chi connectivity index (χ2n) is 4.09. The maximum absolute atomic E-state index is 11.2. The van der Waals surface area contributed by atoms with Crippen molar-refractivity contribution in [1.82, 2.24) is 0 Å². The van der Waals surface area contributed by atoms with Crippen LogP contribution in [0.25, 0.3) is 0 Å². The SMILES string of the molecule is Cc1cc(O)c(C(C)C)c(OP(N)(N)=O)c1. The van der Waals surface area contributed by atoms with E-state index in [1.54, 1.807) is 19.1 Å². The molecule has 0 aromatic heterocycles. The first kappa shape index (κ1) is 13.0. The van der Waals surface area contributed by atoms with E-state index >= 15 is 0 Å². The fourth-order valence-electron chi connectivity index (χ4n) is 1.56. The fraction of sp³-hybridized carbons (Fsp3) is 0.400. The van der Waals surface area contributed by atoms with Gasteiger partial charge in [0.15, 0.2) is 0 Å². The smallest absolute Gasteiger partial charge is 0.385 e. The van der Waals surface area contributed by atoms with Gasteiger partial charge >= 0.3 is 7.67 Å². The maximum atomic E-state index is 11.2. The van der Waals surface area contributed by atoms with Crippen LogP contribution in [-0.2, 0) is 4.57 Å². The van der Waals surface area contributed by atoms with Crippen LogP contribution in [0, 0.1) is 6.92 Å². The Balaban J connectivity index is 3.30. The summed E-state index contributed by atoms with van der Waals surface area (Å²) in [6.07, 6.45) is 0. The third-order valence-electron chi connectivity index (χ3n) is 2.08. The Morgan fingerprint density at radius 3 is 2.38 bits per heavy atom. The van der Waals surface area contributed by atoms with Crippen LogP contribution < -0.4 is 15.5 Å². The summed E-state index contributed by atoms with van der Waals surface area (Å²) in [4.78, 5) is 0. The highest BCUT2D eigenvalue weighted by Crippen LogP contribution is 2.41. The minimum Gasteiger partial charge on any atom is -0.508 e. The monoisotopic (exact) mass is 244 g/mol. The summed E-state index contributed by atoms with van der Waals surface area (Å²) in [6.45, 7) is 5.55. The van der Waals surface area contributed by atoms with Crippen LogP contribution in [0.1, 0.15) is 30.9 Å². The van der Waals surface area contributed by atoms with Crippen LogP contribution in [0.3, 0.4) is 0 Å². The van der Waals surface area contributed by atoms with Crippen LogP contribution in [0.4, 0.5) is 0 Å². The van der Waals surface area contributed by atoms with Crippen LogP contribution >= 0.6 is 7.67 Å². The molecule has 1 aromatic rings. The van der Waals surface area contributed by atoms with Gasteiger partial charge in [-0.1, -0.05) is 13.8 Å². The molecule has 0 bridgehead atoms. The molecule has 0 amide bonds. The van der Waals surface area contributed by atoms with Gasteiger partial charge in [0.2, 0.25) is 0 Å². The quantitative estimate of drug-likeness (QED) is 0.708. The van der Waals surface area contributed by atoms with E-state index < -0.39 is 7.67 Å². The van der Waals surface area contributed by atoms with Gasteiger partial charge in [-0.05, 0) is 30.5 Å². The average molecular weight is 244 g/mol. The van der Waals surface area contributed by atoms with E-state index in [4.69, 9.17) is 15.5 Å². The molecule has 0 aliphatic heterocycles. The number of phenolic OH excluding ortho intramolecular Hbond substituents is 1. The zero-order chi connectivity index (χ0) is 12.5. The molecule has 0 fully saturated rings. The van der Waals surface area contributed by atoms with Crippen molar-refractivity contribution < 1.29 is 14.2 Å². The first-order valence-electron chi connectivity index (χ1n) is 4.91. The Hall–Kier alpha value is -1.03. The van der Waals surface area contributed by atoms with Gasteiger partial charge in [-0.2, -0.15) is 0 Å². The van der Waals surface area contributed by atoms with Crippen molar-refractivity contribution in [3.05, 3.63) is 23.3 Å². The van der Waals surface area contributed by atoms with Gasteiger partial charge < -0.3 is 9.63 Å². The molecule has 1 aromatic carbocycles. The summed E-state index contributed by atoms with van der Waals surface area (Å²) >= 11 is 0. The molecule has 5 nitrogen and oxygen atoms in total. The van der Waals surface area contributed by atoms with Gasteiger partial charge in [-0.15, -0.1) is 0 Å². The highest BCUT2D eigenvalue weighted by atomic mass is 31.2. The molecule has 0 aliphatic carbocycles. The van der Waals surface area contributed by atoms with E-state index in [9.17, 15) is 9.67 Å². The molecule has 0 unspecified atom stereocenters. The number of benzene rings is 1. The number of aryl methyl sites for hydroxylation is 1. The predicted octanol–water partition coefficient (Wildman–Crippen LogP) is 2.23. The minimum absolute atomic E-state index is 0.0159. The van der Waals surface area contributed by atoms with Crippen LogP contribution in [0.15, 0.2) is 12.1 Å². The number of phenols is 1. The Morgan fingerprint density at radius 2 is 1.94 bits per heavy atom. The van der Waals surface area contributed by atoms with Crippen LogP contribution in [0.2, 0.25) is 0 Å². The molecule has 5 N–H and O–H groups in total. The van der Waals surface area contributed by atoms with E-state index in [1.807, 2.05) is 13.8 Å². The van der Waals surface area contributed by atoms with E-state index in [0.717, 1.165) is 5.56 Å². The fourth-order valence-corrected chi connectivity index (χ4v) is 2.01. The van der Waals surface area contributed by atoms with Gasteiger partial charge in [0.1, 0.15) is 11.5 Å². The molecule has 0 heterocycles. The zero-order valence-electron chi connectivity index (χ0n) is 9.60. The summed E-state index contributed by atoms with van der Waals surface area (Å²) in [5.74, 6) is 0.390. The standard InChI is InChI=1S/C10H17N2O3P/c1-6(2)10-8(13)4-7(3)5-9(10)15-16(11,12)14/h4-6,13H,1-3H3,(H4,11,12,14). The van der Waals surface area contributed by atoms with E-state index in [0.29, 0.717) is 5.56 Å². The van der Waals surface area contributed by atoms with Crippen LogP contribution in [-0.4, -0.2) is 5.11 Å². The molecular weight excluding hydrogens is 227 g/mol. The number of aromatic hydroxyl groups is 1. The third kappa shape index (κ3) is 3.23. The summed E-state index contributed by atoms with van der Waals surface area (Å²) in [7, 11) is -3.61. The Morgan fingerprint density at radius 1 is 1.38 bits per heavy atom. The normalized spacial score (nSPS) is 11.9. The molecular formula is C10H17N2O3P. The van der Waals surface area contributed by atoms with Gasteiger partial charge in [0.05, 0.1) is 0 Å². The van der Waals surface area contributed by atoms with Gasteiger partial charge in [-0.3, -0.25) is 0 Å². The highest BCUT2D eigenvalue weighted by Gasteiger charge is 2.19. The molecule has 6 heteroatoms. The summed E-state index contributed by atoms with van der Waals surface area (Å²) in [6, 6.07) is 3.27. The van der Waals surface area contributed by atoms with Gasteiger partial charge in [0.25, 0.3) is 0 Å². The molecule has 0 saturated heterocycles. The van der Waals surface area contributed by atoms with Crippen molar-refractivity contribution in [1.29, 1.82) is 0 Å². The van der Waals surface area contributed by atoms with Gasteiger partial charge in [-0.25, -0.2) is 15.6 Å². The largest absolute Gasteiger partial charge is 0.508 e. The first-order valence-corrected chi connectivity index (χ1v) is 6.67. The van der Waals surface area contributed by atoms with Crippen molar-refractivity contribution in [2.45, 2.75) is 26.7 Å². The van der Waals surface area contributed by atoms with Crippen molar-refractivity contribution in [3.8, 4) is 11.5 Å². The molecule has 0 atom stereocenters. The lowest BCUT2D eigenvalue weighted by Crippen LogP contribution is -2.12. The summed E-state index contributed by atoms with van der Waals surface area (Å²) in [5.41, 5.74) is 11.7. The van der Waals surface area contributed by atoms with E-state index in [1.165, 1.54) is 0 Å². The molecule has 0 radical (unpaired) electrons. The second-order valence-corrected chi connectivity index (χ2v) is 5.56. The Bertz CT molecular complexity index is 440. The zero-order valence-corrected chi connectivity index (χ0v) is 10.5. The predicted molar refractivity (Wildman–Crippen MR) is 63.5 cm³/mol. The topological polar surface area (TPSA) is 98.6 Å². The van der Waals surface area contributed by atoms with Crippen molar-refractivity contribution in [3.63, 3.8) is 0 Å². The van der Waals surface area contributed by atoms with Gasteiger partial charge in [0, 0.05) is 5.56 Å². The van der Waals surface area contributed by atoms with Crippen molar-refractivity contribution >= 4 is 7.67 Å². The molecule has 0 spiro atoms. The van der Waals surface area contributed by atoms with Crippen molar-refractivity contribution in [2.75, 3.05) is 0 Å². The summed E-state index contributed by atoms with van der Waals surface area (Å²) < 4.78 is 16.2. The number of nitrogens with two attached hydrogens (primary N) is 2. The lowest BCUT2D eigenvalue weighted by molar-refractivity contribution is 0.448. The summed E-state index contributed by atoms with van der Waals surface area (Å²) in [5, 5.41) is 9.79. The van der Waals surface area contributed by atoms with Crippen LogP contribution in [0.5, 0.6) is 11.5 Å². The number of rotatable bonds is 3. The second kappa shape index (κ2) is 4.45. The van der Waals surface area contributed by atoms with E-state index in [-0.39, 0.29) is 17.4 Å². The van der Waals surface area contributed by atoms with Crippen molar-refractivity contribution in [2.24, 2.45) is 11.0 Å². The average Bonchev–Trinajstić information content (AvgIpc) is 1.96. The lowest BCUT2D eigenvalue weighted by Gasteiger charge is -2.17. The minimum atomic E-state index is -3.61. The Labute approximate surface area is 95.0 Å². The molecule has 0 saturated carbocycles. The molecule has 16 heavy (non-hydrogen) atoms. The number of hydrogen-bond donors (Lipinski definition) is 3.